The maximum atomic E-state index is 2.66. The molecule has 0 bridgehead atoms. The highest BCUT2D eigenvalue weighted by Crippen LogP contribution is 2.55. The van der Waals surface area contributed by atoms with Crippen LogP contribution >= 0.6 is 0 Å². The number of nitrogens with zero attached hydrogens (tertiary/aromatic N) is 4. The number of hydrogen-bond acceptors (Lipinski definition) is 4. The topological polar surface area (TPSA) is 13.0 Å². The molecule has 4 heterocycles. The van der Waals surface area contributed by atoms with Crippen molar-refractivity contribution in [2.45, 2.75) is 167 Å². The predicted octanol–water partition coefficient (Wildman–Crippen LogP) is 32.6. The molecule has 0 fully saturated rings. The molecular formula is C140H128B2N4. The molecule has 0 aromatic heterocycles. The van der Waals surface area contributed by atoms with Crippen LogP contribution < -0.4 is 52.4 Å². The lowest BCUT2D eigenvalue weighted by Crippen LogP contribution is -2.61. The third-order valence-corrected chi connectivity index (χ3v) is 32.0. The van der Waals surface area contributed by atoms with Gasteiger partial charge in [-0.1, -0.05) is 476 Å². The quantitative estimate of drug-likeness (QED) is 0.0627. The third kappa shape index (κ3) is 16.3. The van der Waals surface area contributed by atoms with Crippen LogP contribution in [0.2, 0.25) is 0 Å². The fraction of sp³-hybridized carbons (Fsp3) is 0.186. The summed E-state index contributed by atoms with van der Waals surface area (Å²) >= 11 is 0. The maximum absolute atomic E-state index is 2.66. The van der Waals surface area contributed by atoms with E-state index < -0.39 is 16.2 Å². The molecule has 23 rings (SSSR count). The minimum Gasteiger partial charge on any atom is -0.311 e. The van der Waals surface area contributed by atoms with Crippen LogP contribution in [-0.2, 0) is 49.7 Å². The van der Waals surface area contributed by atoms with E-state index in [0.717, 1.165) is 34.6 Å². The van der Waals surface area contributed by atoms with Gasteiger partial charge in [0.1, 0.15) is 0 Å². The number of anilines is 12. The van der Waals surface area contributed by atoms with E-state index in [1.54, 1.807) is 0 Å². The number of rotatable bonds is 18. The molecule has 714 valence electrons. The third-order valence-electron chi connectivity index (χ3n) is 32.0. The van der Waals surface area contributed by atoms with E-state index in [-0.39, 0.29) is 40.5 Å². The molecular weight excluding hydrogens is 1760 g/mol. The Morgan fingerprint density at radius 3 is 0.808 bits per heavy atom. The molecule has 0 N–H and O–H groups in total. The first kappa shape index (κ1) is 94.1. The Morgan fingerprint density at radius 2 is 0.432 bits per heavy atom. The molecule has 0 atom stereocenters. The average Bonchev–Trinajstić information content (AvgIpc) is 0.697. The molecule has 4 aliphatic heterocycles. The molecule has 0 unspecified atom stereocenters. The molecule has 0 spiro atoms. The molecule has 19 aromatic carbocycles. The van der Waals surface area contributed by atoms with Gasteiger partial charge in [0.25, 0.3) is 13.4 Å². The Kier molecular flexibility index (Phi) is 23.3. The predicted molar refractivity (Wildman–Crippen MR) is 624 cm³/mol. The Morgan fingerprint density at radius 1 is 0.164 bits per heavy atom. The van der Waals surface area contributed by atoms with Crippen molar-refractivity contribution < 1.29 is 0 Å². The molecule has 19 aromatic rings. The zero-order chi connectivity index (χ0) is 101. The first-order valence-electron chi connectivity index (χ1n) is 52.4. The van der Waals surface area contributed by atoms with Gasteiger partial charge in [-0.25, -0.2) is 0 Å². The first-order valence-corrected chi connectivity index (χ1v) is 52.4. The summed E-state index contributed by atoms with van der Waals surface area (Å²) in [6.45, 7) is 40.3. The van der Waals surface area contributed by atoms with Crippen LogP contribution in [0.3, 0.4) is 0 Å². The summed E-state index contributed by atoms with van der Waals surface area (Å²) < 4.78 is 0. The fourth-order valence-corrected chi connectivity index (χ4v) is 24.3. The Hall–Kier alpha value is -15.5. The van der Waals surface area contributed by atoms with Crippen LogP contribution in [0.4, 0.5) is 68.2 Å². The second kappa shape index (κ2) is 36.1. The molecule has 0 saturated heterocycles. The van der Waals surface area contributed by atoms with Crippen molar-refractivity contribution in [3.8, 4) is 33.4 Å². The smallest absolute Gasteiger partial charge is 0.252 e. The van der Waals surface area contributed by atoms with Gasteiger partial charge in [0.15, 0.2) is 0 Å². The lowest BCUT2D eigenvalue weighted by Gasteiger charge is -2.45. The van der Waals surface area contributed by atoms with Crippen molar-refractivity contribution >= 4 is 114 Å². The van der Waals surface area contributed by atoms with Gasteiger partial charge in [-0.3, -0.25) is 0 Å². The van der Waals surface area contributed by atoms with Crippen LogP contribution in [0, 0.1) is 0 Å². The van der Waals surface area contributed by atoms with E-state index in [2.05, 4.69) is 592 Å². The van der Waals surface area contributed by atoms with E-state index in [1.807, 2.05) is 0 Å². The second-order valence-electron chi connectivity index (χ2n) is 47.0. The van der Waals surface area contributed by atoms with Crippen molar-refractivity contribution in [2.75, 3.05) is 19.6 Å². The van der Waals surface area contributed by atoms with E-state index in [9.17, 15) is 0 Å². The molecule has 0 saturated carbocycles. The molecule has 0 radical (unpaired) electrons. The lowest BCUT2D eigenvalue weighted by atomic mass is 9.33. The highest BCUT2D eigenvalue weighted by Gasteiger charge is 2.49. The van der Waals surface area contributed by atoms with Crippen LogP contribution in [0.1, 0.15) is 201 Å². The monoisotopic (exact) mass is 1890 g/mol. The van der Waals surface area contributed by atoms with Gasteiger partial charge in [-0.2, -0.15) is 0 Å². The minimum absolute atomic E-state index is 0.0675. The number of fused-ring (bicyclic) bond motifs is 8. The number of hydrogen-bond donors (Lipinski definition) is 0. The van der Waals surface area contributed by atoms with Gasteiger partial charge < -0.3 is 19.6 Å². The molecule has 146 heavy (non-hydrogen) atoms. The van der Waals surface area contributed by atoms with Crippen LogP contribution in [-0.4, -0.2) is 13.4 Å². The van der Waals surface area contributed by atoms with Crippen molar-refractivity contribution in [3.63, 3.8) is 0 Å². The second-order valence-corrected chi connectivity index (χ2v) is 47.0. The number of para-hydroxylation sites is 2. The van der Waals surface area contributed by atoms with Gasteiger partial charge in [0.05, 0.1) is 10.8 Å². The normalized spacial score (nSPS) is 13.5. The minimum atomic E-state index is -0.781. The Bertz CT molecular complexity index is 7970. The summed E-state index contributed by atoms with van der Waals surface area (Å²) in [4.78, 5) is 10.4. The van der Waals surface area contributed by atoms with Crippen molar-refractivity contribution in [1.82, 2.24) is 0 Å². The summed E-state index contributed by atoms with van der Waals surface area (Å²) in [6.07, 6.45) is 0.759. The lowest BCUT2D eigenvalue weighted by molar-refractivity contribution is 0.517. The van der Waals surface area contributed by atoms with E-state index in [4.69, 9.17) is 0 Å². The molecule has 0 amide bonds. The Labute approximate surface area is 867 Å². The van der Waals surface area contributed by atoms with E-state index in [0.29, 0.717) is 0 Å². The molecule has 6 heteroatoms. The van der Waals surface area contributed by atoms with Crippen LogP contribution in [0.25, 0.3) is 33.4 Å². The van der Waals surface area contributed by atoms with Gasteiger partial charge >= 0.3 is 0 Å². The number of benzene rings is 19. The molecule has 4 nitrogen and oxygen atoms in total. The highest BCUT2D eigenvalue weighted by molar-refractivity contribution is 7.01. The van der Waals surface area contributed by atoms with Crippen molar-refractivity contribution in [1.29, 1.82) is 0 Å². The van der Waals surface area contributed by atoms with E-state index >= 15 is 0 Å². The van der Waals surface area contributed by atoms with Crippen molar-refractivity contribution in [3.05, 3.63) is 538 Å². The van der Waals surface area contributed by atoms with Gasteiger partial charge in [0.2, 0.25) is 0 Å². The fourth-order valence-electron chi connectivity index (χ4n) is 24.3. The molecule has 0 aliphatic carbocycles. The van der Waals surface area contributed by atoms with Gasteiger partial charge in [0, 0.05) is 68.2 Å². The largest absolute Gasteiger partial charge is 0.311 e. The average molecular weight is 1890 g/mol. The first-order chi connectivity index (χ1) is 70.3. The summed E-state index contributed by atoms with van der Waals surface area (Å²) in [7, 11) is 0. The van der Waals surface area contributed by atoms with Crippen LogP contribution in [0.5, 0.6) is 0 Å². The van der Waals surface area contributed by atoms with Gasteiger partial charge in [-0.15, -0.1) is 0 Å². The summed E-state index contributed by atoms with van der Waals surface area (Å²) in [5.74, 6) is 0. The van der Waals surface area contributed by atoms with Crippen LogP contribution in [0.15, 0.2) is 455 Å². The zero-order valence-corrected chi connectivity index (χ0v) is 87.5. The van der Waals surface area contributed by atoms with Crippen molar-refractivity contribution in [2.24, 2.45) is 0 Å². The Balaban J connectivity index is 0.653. The zero-order valence-electron chi connectivity index (χ0n) is 87.5. The summed E-state index contributed by atoms with van der Waals surface area (Å²) in [6, 6.07) is 175. The van der Waals surface area contributed by atoms with E-state index in [1.165, 1.54) is 190 Å². The molecule has 4 aliphatic rings. The SMILES string of the molecule is CC(C)(C)c1cc(N2c3ccccc3B3c4ccccc4N(c4cc(C(C)(C)C)cc(C(C)(C)Cc5cccc(C(c6ccccc6)(c6ccccc6)c6ccc(N7c8ccc(C(C)(C)C)cc8B8c9cc(C(C)(C)C)ccc9N(c9ccc(C(c%10ccccc%10)(c%10ccccc%10)c%10ccccc%10)cc9)c9cccc7c98)cc6)c5)c4)c4cc(-c5ccc(-c6ccc(-c7ccccc7)cc6)cc5)cc2c43)cc(C(C)(C)C)c1. The standard InChI is InChI=1S/C140H128B2N4/c1-133(2,3)108-74-80-125-121(91-108)142-122-92-109(134(4,5)6)75-81-126(122)144(128-61-41-60-127(131(128)142)143(125)115-76-70-106(71-77-115)139(101-45-26-19-27-46-101,102-47-28-20-29-48-102)103-49-30-21-31-50-103)116-78-72-107(73-79-116)140(104-51-32-22-33-52-104,105-53-34-23-35-54-105)110-55-40-42-94(82-110)93-138(16,17)114-86-113(137(13,14)15)89-118(90-114)146-124-59-39-37-57-120(124)141-119-56-36-38-58-123(119)145(117-87-111(135(7,8)9)85-112(88-117)136(10,11)12)129-83-100(84-130(146)132(129)141)99-68-66-98(67-69-99)97-64-62-96(63-65-97)95-43-24-18-25-44-95/h18-92H,93H2,1-17H3. The maximum Gasteiger partial charge on any atom is 0.252 e. The summed E-state index contributed by atoms with van der Waals surface area (Å²) in [5.41, 5.74) is 45.0. The highest BCUT2D eigenvalue weighted by atomic mass is 15.2. The summed E-state index contributed by atoms with van der Waals surface area (Å²) in [5, 5.41) is 0. The van der Waals surface area contributed by atoms with Gasteiger partial charge in [-0.05, 0) is 286 Å².